The largest absolute Gasteiger partial charge is 0.456 e. The van der Waals surface area contributed by atoms with E-state index in [-0.39, 0.29) is 5.56 Å². The van der Waals surface area contributed by atoms with Crippen LogP contribution in [0.5, 0.6) is 0 Å². The Balaban J connectivity index is 1.47. The first-order chi connectivity index (χ1) is 14.4. The standard InChI is InChI=1S/C23H17F2NO4/c24-19-11-10-18(12-20(19)25)21(27)14-30-22(28)13-26-23(29)17-8-6-16(7-9-17)15-4-2-1-3-5-15/h1-12H,13-14H2,(H,26,29). The molecule has 5 nitrogen and oxygen atoms in total. The lowest BCUT2D eigenvalue weighted by Crippen LogP contribution is -2.31. The topological polar surface area (TPSA) is 72.5 Å². The lowest BCUT2D eigenvalue weighted by atomic mass is 10.0. The number of ketones is 1. The molecule has 3 aromatic carbocycles. The summed E-state index contributed by atoms with van der Waals surface area (Å²) in [5, 5.41) is 2.40. The van der Waals surface area contributed by atoms with E-state index in [1.54, 1.807) is 24.3 Å². The van der Waals surface area contributed by atoms with Gasteiger partial charge in [-0.05, 0) is 41.5 Å². The van der Waals surface area contributed by atoms with E-state index in [9.17, 15) is 23.2 Å². The Hall–Kier alpha value is -3.87. The summed E-state index contributed by atoms with van der Waals surface area (Å²) in [5.41, 5.74) is 2.20. The van der Waals surface area contributed by atoms with Crippen molar-refractivity contribution in [3.8, 4) is 11.1 Å². The molecule has 0 atom stereocenters. The van der Waals surface area contributed by atoms with Gasteiger partial charge < -0.3 is 10.1 Å². The minimum atomic E-state index is -1.17. The third-order valence-electron chi connectivity index (χ3n) is 4.25. The van der Waals surface area contributed by atoms with E-state index in [4.69, 9.17) is 4.74 Å². The van der Waals surface area contributed by atoms with Gasteiger partial charge in [0.1, 0.15) is 6.54 Å². The van der Waals surface area contributed by atoms with Crippen molar-refractivity contribution in [1.82, 2.24) is 5.32 Å². The number of halogens is 2. The fraction of sp³-hybridized carbons (Fsp3) is 0.0870. The van der Waals surface area contributed by atoms with E-state index in [0.29, 0.717) is 5.56 Å². The first-order valence-corrected chi connectivity index (χ1v) is 9.01. The lowest BCUT2D eigenvalue weighted by Gasteiger charge is -2.07. The Labute approximate surface area is 171 Å². The highest BCUT2D eigenvalue weighted by Crippen LogP contribution is 2.19. The average Bonchev–Trinajstić information content (AvgIpc) is 2.78. The number of hydrogen-bond acceptors (Lipinski definition) is 4. The van der Waals surface area contributed by atoms with Crippen molar-refractivity contribution in [3.63, 3.8) is 0 Å². The molecule has 0 spiro atoms. The molecule has 0 saturated heterocycles. The molecule has 0 radical (unpaired) electrons. The highest BCUT2D eigenvalue weighted by atomic mass is 19.2. The SMILES string of the molecule is O=C(CNC(=O)c1ccc(-c2ccccc2)cc1)OCC(=O)c1ccc(F)c(F)c1. The van der Waals surface area contributed by atoms with Gasteiger partial charge in [0.05, 0.1) is 0 Å². The second-order valence-electron chi connectivity index (χ2n) is 6.34. The minimum Gasteiger partial charge on any atom is -0.456 e. The van der Waals surface area contributed by atoms with E-state index in [0.717, 1.165) is 29.3 Å². The quantitative estimate of drug-likeness (QED) is 0.476. The van der Waals surface area contributed by atoms with Gasteiger partial charge in [0.15, 0.2) is 24.0 Å². The molecule has 3 aromatic rings. The Morgan fingerprint density at radius 2 is 1.40 bits per heavy atom. The summed E-state index contributed by atoms with van der Waals surface area (Å²) in [4.78, 5) is 35.8. The number of benzene rings is 3. The van der Waals surface area contributed by atoms with Crippen molar-refractivity contribution >= 4 is 17.7 Å². The number of hydrogen-bond donors (Lipinski definition) is 1. The molecule has 30 heavy (non-hydrogen) atoms. The van der Waals surface area contributed by atoms with E-state index < -0.39 is 42.4 Å². The third-order valence-corrected chi connectivity index (χ3v) is 4.25. The average molecular weight is 409 g/mol. The Kier molecular flexibility index (Phi) is 6.64. The van der Waals surface area contributed by atoms with Crippen LogP contribution < -0.4 is 5.32 Å². The molecule has 3 rings (SSSR count). The maximum atomic E-state index is 13.1. The zero-order valence-electron chi connectivity index (χ0n) is 15.7. The van der Waals surface area contributed by atoms with Crippen molar-refractivity contribution in [3.05, 3.63) is 95.6 Å². The third kappa shape index (κ3) is 5.35. The van der Waals surface area contributed by atoms with Crippen LogP contribution in [0.15, 0.2) is 72.8 Å². The highest BCUT2D eigenvalue weighted by molar-refractivity contribution is 5.99. The van der Waals surface area contributed by atoms with Gasteiger partial charge in [-0.25, -0.2) is 8.78 Å². The molecule has 0 unspecified atom stereocenters. The minimum absolute atomic E-state index is 0.121. The van der Waals surface area contributed by atoms with Gasteiger partial charge in [-0.2, -0.15) is 0 Å². The summed E-state index contributed by atoms with van der Waals surface area (Å²) >= 11 is 0. The number of nitrogens with one attached hydrogen (secondary N) is 1. The highest BCUT2D eigenvalue weighted by Gasteiger charge is 2.14. The fourth-order valence-corrected chi connectivity index (χ4v) is 2.65. The van der Waals surface area contributed by atoms with E-state index in [1.165, 1.54) is 0 Å². The summed E-state index contributed by atoms with van der Waals surface area (Å²) in [5.74, 6) is -4.25. The van der Waals surface area contributed by atoms with Crippen LogP contribution in [0, 0.1) is 11.6 Å². The molecule has 0 aromatic heterocycles. The fourth-order valence-electron chi connectivity index (χ4n) is 2.65. The summed E-state index contributed by atoms with van der Waals surface area (Å²) in [6.07, 6.45) is 0. The maximum absolute atomic E-state index is 13.1. The van der Waals surface area contributed by atoms with Gasteiger partial charge in [-0.15, -0.1) is 0 Å². The van der Waals surface area contributed by atoms with E-state index in [1.807, 2.05) is 30.3 Å². The van der Waals surface area contributed by atoms with Crippen LogP contribution in [0.3, 0.4) is 0 Å². The lowest BCUT2D eigenvalue weighted by molar-refractivity contribution is -0.141. The number of amides is 1. The number of rotatable bonds is 7. The van der Waals surface area contributed by atoms with Crippen LogP contribution in [0.1, 0.15) is 20.7 Å². The van der Waals surface area contributed by atoms with Crippen molar-refractivity contribution in [2.75, 3.05) is 13.2 Å². The van der Waals surface area contributed by atoms with Crippen molar-refractivity contribution in [2.24, 2.45) is 0 Å². The summed E-state index contributed by atoms with van der Waals surface area (Å²) in [6.45, 7) is -1.09. The van der Waals surface area contributed by atoms with Crippen LogP contribution in [0.4, 0.5) is 8.78 Å². The number of ether oxygens (including phenoxy) is 1. The molecule has 0 bridgehead atoms. The predicted octanol–water partition coefficient (Wildman–Crippen LogP) is 3.79. The van der Waals surface area contributed by atoms with Gasteiger partial charge in [-0.3, -0.25) is 14.4 Å². The summed E-state index contributed by atoms with van der Waals surface area (Å²) in [7, 11) is 0. The molecule has 0 heterocycles. The van der Waals surface area contributed by atoms with Gasteiger partial charge in [0.2, 0.25) is 0 Å². The number of esters is 1. The van der Waals surface area contributed by atoms with Crippen LogP contribution in [0.2, 0.25) is 0 Å². The first-order valence-electron chi connectivity index (χ1n) is 9.01. The predicted molar refractivity (Wildman–Crippen MR) is 106 cm³/mol. The van der Waals surface area contributed by atoms with Crippen LogP contribution >= 0.6 is 0 Å². The van der Waals surface area contributed by atoms with Crippen molar-refractivity contribution in [1.29, 1.82) is 0 Å². The molecular weight excluding hydrogens is 392 g/mol. The molecule has 0 fully saturated rings. The van der Waals surface area contributed by atoms with Crippen LogP contribution in [-0.2, 0) is 9.53 Å². The van der Waals surface area contributed by atoms with Gasteiger partial charge in [0.25, 0.3) is 5.91 Å². The molecule has 0 aliphatic rings. The molecule has 1 N–H and O–H groups in total. The van der Waals surface area contributed by atoms with Gasteiger partial charge >= 0.3 is 5.97 Å². The number of carbonyl (C=O) groups excluding carboxylic acids is 3. The molecule has 1 amide bonds. The first kappa shape index (κ1) is 20.9. The van der Waals surface area contributed by atoms with Gasteiger partial charge in [0, 0.05) is 11.1 Å². The van der Waals surface area contributed by atoms with Crippen molar-refractivity contribution < 1.29 is 27.9 Å². The zero-order valence-corrected chi connectivity index (χ0v) is 15.7. The molecule has 0 saturated carbocycles. The number of Topliss-reactive ketones (excluding diaryl/α,β-unsaturated/α-hetero) is 1. The molecule has 152 valence electrons. The molecule has 0 aliphatic heterocycles. The summed E-state index contributed by atoms with van der Waals surface area (Å²) in [6, 6.07) is 19.1. The second-order valence-corrected chi connectivity index (χ2v) is 6.34. The van der Waals surface area contributed by atoms with E-state index >= 15 is 0 Å². The smallest absolute Gasteiger partial charge is 0.325 e. The summed E-state index contributed by atoms with van der Waals surface area (Å²) < 4.78 is 30.8. The Morgan fingerprint density at radius 3 is 2.07 bits per heavy atom. The zero-order chi connectivity index (χ0) is 21.5. The van der Waals surface area contributed by atoms with Crippen LogP contribution in [0.25, 0.3) is 11.1 Å². The van der Waals surface area contributed by atoms with Gasteiger partial charge in [-0.1, -0.05) is 42.5 Å². The number of carbonyl (C=O) groups is 3. The van der Waals surface area contributed by atoms with E-state index in [2.05, 4.69) is 5.32 Å². The van der Waals surface area contributed by atoms with Crippen LogP contribution in [-0.4, -0.2) is 30.8 Å². The molecule has 0 aliphatic carbocycles. The molecular formula is C23H17F2NO4. The molecule has 7 heteroatoms. The maximum Gasteiger partial charge on any atom is 0.325 e. The monoisotopic (exact) mass is 409 g/mol. The normalized spacial score (nSPS) is 10.3. The Morgan fingerprint density at radius 1 is 0.767 bits per heavy atom. The second kappa shape index (κ2) is 9.56. The van der Waals surface area contributed by atoms with Crippen molar-refractivity contribution in [2.45, 2.75) is 0 Å². The Bertz CT molecular complexity index is 1070.